The van der Waals surface area contributed by atoms with Crippen molar-refractivity contribution in [1.29, 1.82) is 0 Å². The van der Waals surface area contributed by atoms with E-state index in [2.05, 4.69) is 5.32 Å². The van der Waals surface area contributed by atoms with Crippen LogP contribution in [0.2, 0.25) is 0 Å². The summed E-state index contributed by atoms with van der Waals surface area (Å²) in [6, 6.07) is 13.4. The van der Waals surface area contributed by atoms with Gasteiger partial charge in [0.2, 0.25) is 11.8 Å². The molecule has 0 aromatic heterocycles. The number of para-hydroxylation sites is 4. The summed E-state index contributed by atoms with van der Waals surface area (Å²) in [5.41, 5.74) is 3.01. The fourth-order valence-corrected chi connectivity index (χ4v) is 4.10. The summed E-state index contributed by atoms with van der Waals surface area (Å²) in [6.07, 6.45) is -0.911. The zero-order valence-corrected chi connectivity index (χ0v) is 19.3. The minimum atomic E-state index is -1.49. The van der Waals surface area contributed by atoms with Crippen molar-refractivity contribution in [3.8, 4) is 0 Å². The predicted molar refractivity (Wildman–Crippen MR) is 126 cm³/mol. The van der Waals surface area contributed by atoms with Crippen LogP contribution in [0.5, 0.6) is 0 Å². The van der Waals surface area contributed by atoms with Crippen LogP contribution in [-0.2, 0) is 19.2 Å². The van der Waals surface area contributed by atoms with Crippen LogP contribution < -0.4 is 15.1 Å². The molecule has 0 aliphatic carbocycles. The molecule has 0 bridgehead atoms. The van der Waals surface area contributed by atoms with Gasteiger partial charge < -0.3 is 15.3 Å². The van der Waals surface area contributed by atoms with E-state index in [1.165, 1.54) is 0 Å². The van der Waals surface area contributed by atoms with Crippen LogP contribution in [-0.4, -0.2) is 48.4 Å². The van der Waals surface area contributed by atoms with E-state index in [9.17, 15) is 23.6 Å². The maximum absolute atomic E-state index is 13.6. The quantitative estimate of drug-likeness (QED) is 0.581. The van der Waals surface area contributed by atoms with Crippen molar-refractivity contribution in [2.24, 2.45) is 11.8 Å². The van der Waals surface area contributed by atoms with Crippen LogP contribution in [0.15, 0.2) is 48.5 Å². The number of hydrogen-bond acceptors (Lipinski definition) is 5. The molecule has 2 aromatic rings. The summed E-state index contributed by atoms with van der Waals surface area (Å²) < 4.78 is 12.9. The van der Waals surface area contributed by atoms with Crippen molar-refractivity contribution in [1.82, 2.24) is 5.32 Å². The molecule has 3 rings (SSSR count). The molecule has 34 heavy (non-hydrogen) atoms. The zero-order chi connectivity index (χ0) is 25.0. The summed E-state index contributed by atoms with van der Waals surface area (Å²) in [5.74, 6) is -4.50. The van der Waals surface area contributed by atoms with Crippen LogP contribution >= 0.6 is 0 Å². The number of hydrogen-bond donors (Lipinski definition) is 2. The first-order chi connectivity index (χ1) is 16.1. The van der Waals surface area contributed by atoms with Crippen LogP contribution in [0.4, 0.5) is 27.1 Å². The number of carbonyl (C=O) groups excluding carboxylic acids is 3. The van der Waals surface area contributed by atoms with Gasteiger partial charge in [-0.05, 0) is 30.2 Å². The molecule has 1 aliphatic rings. The van der Waals surface area contributed by atoms with Crippen molar-refractivity contribution in [3.05, 3.63) is 48.5 Å². The molecule has 0 spiro atoms. The molecule has 180 valence electrons. The summed E-state index contributed by atoms with van der Waals surface area (Å²) in [6.45, 7) is 2.12. The number of rotatable bonds is 9. The molecule has 1 aliphatic heterocycles. The highest BCUT2D eigenvalue weighted by atomic mass is 19.1. The maximum atomic E-state index is 13.6. The van der Waals surface area contributed by atoms with Crippen molar-refractivity contribution >= 4 is 46.3 Å². The number of nitrogens with zero attached hydrogens (tertiary/aromatic N) is 2. The van der Waals surface area contributed by atoms with Gasteiger partial charge in [0.25, 0.3) is 0 Å². The Balaban J connectivity index is 1.89. The van der Waals surface area contributed by atoms with Gasteiger partial charge in [-0.2, -0.15) is 0 Å². The van der Waals surface area contributed by atoms with Gasteiger partial charge in [-0.15, -0.1) is 0 Å². The van der Waals surface area contributed by atoms with Crippen LogP contribution in [0.25, 0.3) is 0 Å². The molecule has 0 fully saturated rings. The molecule has 0 saturated carbocycles. The Hall–Kier alpha value is -3.75. The third kappa shape index (κ3) is 5.08. The van der Waals surface area contributed by atoms with Crippen LogP contribution in [0.3, 0.4) is 0 Å². The minimum absolute atomic E-state index is 0.181. The Labute approximate surface area is 197 Å². The van der Waals surface area contributed by atoms with E-state index in [-0.39, 0.29) is 18.2 Å². The topological polar surface area (TPSA) is 107 Å². The lowest BCUT2D eigenvalue weighted by molar-refractivity contribution is -0.141. The number of halogens is 1. The normalized spacial score (nSPS) is 14.1. The first-order valence-electron chi connectivity index (χ1n) is 11.0. The van der Waals surface area contributed by atoms with E-state index in [0.29, 0.717) is 11.4 Å². The summed E-state index contributed by atoms with van der Waals surface area (Å²) in [4.78, 5) is 53.1. The largest absolute Gasteiger partial charge is 0.481 e. The molecule has 2 N–H and O–H groups in total. The SMILES string of the molecule is CC(C)[C@H](CC(=O)N1c2ccccc2N(C)c2ccccc21)C(=O)NC(CC(=O)O)C(=O)CF. The number of benzene rings is 2. The summed E-state index contributed by atoms with van der Waals surface area (Å²) in [5, 5.41) is 11.4. The van der Waals surface area contributed by atoms with Gasteiger partial charge >= 0.3 is 5.97 Å². The number of nitrogens with one attached hydrogen (secondary N) is 1. The fourth-order valence-electron chi connectivity index (χ4n) is 4.10. The molecule has 1 heterocycles. The van der Waals surface area contributed by atoms with Crippen molar-refractivity contribution in [2.75, 3.05) is 23.5 Å². The minimum Gasteiger partial charge on any atom is -0.481 e. The highest BCUT2D eigenvalue weighted by Gasteiger charge is 2.35. The number of aliphatic carboxylic acids is 1. The molecule has 1 unspecified atom stereocenters. The number of carbonyl (C=O) groups is 4. The lowest BCUT2D eigenvalue weighted by Gasteiger charge is -2.38. The molecular formula is C25H28FN3O5. The first-order valence-corrected chi connectivity index (χ1v) is 11.0. The summed E-state index contributed by atoms with van der Waals surface area (Å²) in [7, 11) is 1.91. The zero-order valence-electron chi connectivity index (χ0n) is 19.3. The smallest absolute Gasteiger partial charge is 0.305 e. The lowest BCUT2D eigenvalue weighted by atomic mass is 9.90. The Morgan fingerprint density at radius 3 is 1.85 bits per heavy atom. The van der Waals surface area contributed by atoms with Gasteiger partial charge in [0.15, 0.2) is 5.78 Å². The number of amides is 2. The molecule has 2 atom stereocenters. The van der Waals surface area contributed by atoms with E-state index in [1.807, 2.05) is 60.5 Å². The first kappa shape index (κ1) is 24.9. The average molecular weight is 470 g/mol. The number of carboxylic acids is 1. The second-order valence-electron chi connectivity index (χ2n) is 8.58. The fraction of sp³-hybridized carbons (Fsp3) is 0.360. The maximum Gasteiger partial charge on any atom is 0.305 e. The Bertz CT molecular complexity index is 1060. The molecule has 8 nitrogen and oxygen atoms in total. The Morgan fingerprint density at radius 1 is 0.912 bits per heavy atom. The van der Waals surface area contributed by atoms with Crippen molar-refractivity contribution in [2.45, 2.75) is 32.7 Å². The number of carboxylic acid groups (broad SMARTS) is 1. The van der Waals surface area contributed by atoms with E-state index in [1.54, 1.807) is 18.7 Å². The number of anilines is 4. The highest BCUT2D eigenvalue weighted by molar-refractivity contribution is 6.10. The van der Waals surface area contributed by atoms with Crippen LogP contribution in [0.1, 0.15) is 26.7 Å². The third-order valence-electron chi connectivity index (χ3n) is 5.97. The lowest BCUT2D eigenvalue weighted by Crippen LogP contribution is -2.47. The van der Waals surface area contributed by atoms with Crippen molar-refractivity contribution in [3.63, 3.8) is 0 Å². The van der Waals surface area contributed by atoms with E-state index < -0.39 is 42.7 Å². The predicted octanol–water partition coefficient (Wildman–Crippen LogP) is 3.59. The Kier molecular flexibility index (Phi) is 7.65. The number of alkyl halides is 1. The van der Waals surface area contributed by atoms with Gasteiger partial charge in [0.1, 0.15) is 12.7 Å². The van der Waals surface area contributed by atoms with Crippen molar-refractivity contribution < 1.29 is 28.7 Å². The second kappa shape index (κ2) is 10.5. The summed E-state index contributed by atoms with van der Waals surface area (Å²) >= 11 is 0. The highest BCUT2D eigenvalue weighted by Crippen LogP contribution is 2.47. The Morgan fingerprint density at radius 2 is 1.41 bits per heavy atom. The van der Waals surface area contributed by atoms with Gasteiger partial charge in [-0.25, -0.2) is 4.39 Å². The van der Waals surface area contributed by atoms with Crippen LogP contribution in [0, 0.1) is 11.8 Å². The standard InChI is InChI=1S/C25H28FN3O5/c1-15(2)16(25(34)27-17(13-24(32)33)22(30)14-26)12-23(31)29-20-10-6-4-8-18(20)28(3)19-9-5-7-11-21(19)29/h4-11,15-17H,12-14H2,1-3H3,(H,27,34)(H,32,33)/t16-,17?/m0/s1. The van der Waals surface area contributed by atoms with E-state index in [4.69, 9.17) is 5.11 Å². The van der Waals surface area contributed by atoms with E-state index >= 15 is 0 Å². The van der Waals surface area contributed by atoms with Gasteiger partial charge in [0.05, 0.1) is 29.2 Å². The number of fused-ring (bicyclic) bond motifs is 2. The molecule has 2 amide bonds. The molecule has 9 heteroatoms. The average Bonchev–Trinajstić information content (AvgIpc) is 2.81. The third-order valence-corrected chi connectivity index (χ3v) is 5.97. The number of Topliss-reactive ketones (excluding diaryl/α,β-unsaturated/α-hetero) is 1. The van der Waals surface area contributed by atoms with Gasteiger partial charge in [-0.3, -0.25) is 24.1 Å². The molecule has 0 saturated heterocycles. The van der Waals surface area contributed by atoms with E-state index in [0.717, 1.165) is 11.4 Å². The molecule has 0 radical (unpaired) electrons. The molecular weight excluding hydrogens is 441 g/mol. The second-order valence-corrected chi connectivity index (χ2v) is 8.58. The van der Waals surface area contributed by atoms with Gasteiger partial charge in [-0.1, -0.05) is 38.1 Å². The van der Waals surface area contributed by atoms with Gasteiger partial charge in [0, 0.05) is 19.4 Å². The monoisotopic (exact) mass is 469 g/mol. The number of ketones is 1. The molecule has 2 aromatic carbocycles.